The molecule has 7 nitrogen and oxygen atoms in total. The van der Waals surface area contributed by atoms with Gasteiger partial charge in [0, 0.05) is 12.1 Å². The van der Waals surface area contributed by atoms with Gasteiger partial charge in [0.25, 0.3) is 5.91 Å². The number of benzene rings is 2. The number of carbonyl (C=O) groups is 2. The molecule has 1 heterocycles. The minimum atomic E-state index is -0.482. The first-order valence-corrected chi connectivity index (χ1v) is 8.81. The Morgan fingerprint density at radius 2 is 2.00 bits per heavy atom. The normalized spacial score (nSPS) is 14.5. The van der Waals surface area contributed by atoms with Gasteiger partial charge in [0.2, 0.25) is 0 Å². The molecule has 2 aromatic carbocycles. The highest BCUT2D eigenvalue weighted by Crippen LogP contribution is 2.30. The lowest BCUT2D eigenvalue weighted by Crippen LogP contribution is -2.30. The van der Waals surface area contributed by atoms with Crippen molar-refractivity contribution in [3.05, 3.63) is 77.5 Å². The molecule has 0 bridgehead atoms. The van der Waals surface area contributed by atoms with Crippen LogP contribution in [0.15, 0.2) is 60.8 Å². The minimum absolute atomic E-state index is 0.141. The van der Waals surface area contributed by atoms with Gasteiger partial charge in [-0.3, -0.25) is 9.69 Å². The van der Waals surface area contributed by atoms with Crippen molar-refractivity contribution in [2.75, 3.05) is 13.7 Å². The van der Waals surface area contributed by atoms with Crippen LogP contribution in [-0.4, -0.2) is 30.5 Å². The summed E-state index contributed by atoms with van der Waals surface area (Å²) in [5.41, 5.74) is 2.16. The van der Waals surface area contributed by atoms with E-state index in [0.717, 1.165) is 10.5 Å². The zero-order valence-corrected chi connectivity index (χ0v) is 15.8. The number of ether oxygens (including phenoxy) is 2. The number of methoxy groups -OCH3 is 1. The fourth-order valence-electron chi connectivity index (χ4n) is 2.84. The molecule has 0 aliphatic carbocycles. The number of nitrogens with zero attached hydrogens (tertiary/aromatic N) is 2. The number of rotatable bonds is 7. The molecule has 3 rings (SSSR count). The van der Waals surface area contributed by atoms with Crippen LogP contribution in [0.2, 0.25) is 0 Å². The first-order valence-electron chi connectivity index (χ1n) is 8.81. The highest BCUT2D eigenvalue weighted by Gasteiger charge is 2.32. The minimum Gasteiger partial charge on any atom is -0.493 e. The molecule has 1 fully saturated rings. The molecule has 0 saturated carbocycles. The third-order valence-corrected chi connectivity index (χ3v) is 4.29. The van der Waals surface area contributed by atoms with Crippen molar-refractivity contribution < 1.29 is 19.1 Å². The molecule has 1 aliphatic heterocycles. The number of nitrogens with one attached hydrogen (secondary N) is 1. The second kappa shape index (κ2) is 8.76. The second-order valence-electron chi connectivity index (χ2n) is 6.16. The number of nitriles is 1. The molecular formula is C22H19N3O4. The average Bonchev–Trinajstić information content (AvgIpc) is 3.00. The van der Waals surface area contributed by atoms with Gasteiger partial charge in [-0.15, -0.1) is 6.58 Å². The van der Waals surface area contributed by atoms with Crippen molar-refractivity contribution >= 4 is 18.0 Å². The fraction of sp³-hybridized carbons (Fsp3) is 0.136. The monoisotopic (exact) mass is 389 g/mol. The van der Waals surface area contributed by atoms with Crippen LogP contribution in [0.1, 0.15) is 16.7 Å². The van der Waals surface area contributed by atoms with Crippen LogP contribution in [0.4, 0.5) is 4.79 Å². The standard InChI is InChI=1S/C22H19N3O4/c1-3-10-25-21(26)18(24-22(25)27)11-15-8-9-19(20(12-15)28-2)29-14-17-7-5-4-6-16(17)13-23/h3-9,11-12H,1,10,14H2,2H3,(H,24,27)/b18-11+. The van der Waals surface area contributed by atoms with Crippen molar-refractivity contribution in [2.24, 2.45) is 0 Å². The Labute approximate surface area is 168 Å². The summed E-state index contributed by atoms with van der Waals surface area (Å²) >= 11 is 0. The first-order chi connectivity index (χ1) is 14.1. The van der Waals surface area contributed by atoms with E-state index >= 15 is 0 Å². The van der Waals surface area contributed by atoms with E-state index in [1.165, 1.54) is 13.2 Å². The van der Waals surface area contributed by atoms with E-state index in [2.05, 4.69) is 18.0 Å². The molecule has 0 spiro atoms. The van der Waals surface area contributed by atoms with Crippen molar-refractivity contribution in [3.8, 4) is 17.6 Å². The number of amides is 3. The zero-order valence-electron chi connectivity index (χ0n) is 15.8. The highest BCUT2D eigenvalue weighted by atomic mass is 16.5. The van der Waals surface area contributed by atoms with Gasteiger partial charge >= 0.3 is 6.03 Å². The summed E-state index contributed by atoms with van der Waals surface area (Å²) in [5.74, 6) is 0.549. The van der Waals surface area contributed by atoms with Crippen LogP contribution in [0.3, 0.4) is 0 Å². The highest BCUT2D eigenvalue weighted by molar-refractivity contribution is 6.14. The van der Waals surface area contributed by atoms with Crippen molar-refractivity contribution in [2.45, 2.75) is 6.61 Å². The third kappa shape index (κ3) is 4.28. The smallest absolute Gasteiger partial charge is 0.329 e. The Bertz CT molecular complexity index is 1040. The third-order valence-electron chi connectivity index (χ3n) is 4.29. The van der Waals surface area contributed by atoms with Crippen molar-refractivity contribution in [1.29, 1.82) is 5.26 Å². The number of hydrogen-bond acceptors (Lipinski definition) is 5. The van der Waals surface area contributed by atoms with Crippen LogP contribution >= 0.6 is 0 Å². The topological polar surface area (TPSA) is 91.7 Å². The van der Waals surface area contributed by atoms with Crippen LogP contribution in [0.5, 0.6) is 11.5 Å². The van der Waals surface area contributed by atoms with E-state index in [1.807, 2.05) is 12.1 Å². The van der Waals surface area contributed by atoms with E-state index in [0.29, 0.717) is 22.6 Å². The van der Waals surface area contributed by atoms with Gasteiger partial charge < -0.3 is 14.8 Å². The lowest BCUT2D eigenvalue weighted by molar-refractivity contribution is -0.122. The van der Waals surface area contributed by atoms with Gasteiger partial charge in [-0.2, -0.15) is 5.26 Å². The molecule has 0 radical (unpaired) electrons. The van der Waals surface area contributed by atoms with Crippen LogP contribution in [0, 0.1) is 11.3 Å². The fourth-order valence-corrected chi connectivity index (χ4v) is 2.84. The Kier molecular flexibility index (Phi) is 5.95. The van der Waals surface area contributed by atoms with Gasteiger partial charge in [0.1, 0.15) is 12.3 Å². The predicted octanol–water partition coefficient (Wildman–Crippen LogP) is 3.22. The zero-order chi connectivity index (χ0) is 20.8. The van der Waals surface area contributed by atoms with E-state index in [1.54, 1.807) is 36.4 Å². The molecule has 3 amide bonds. The molecule has 146 valence electrons. The molecule has 0 atom stereocenters. The summed E-state index contributed by atoms with van der Waals surface area (Å²) in [6.07, 6.45) is 3.06. The molecule has 1 aliphatic rings. The number of carbonyl (C=O) groups excluding carboxylic acids is 2. The largest absolute Gasteiger partial charge is 0.493 e. The SMILES string of the molecule is C=CCN1C(=O)N/C(=C/c2ccc(OCc3ccccc3C#N)c(OC)c2)C1=O. The predicted molar refractivity (Wildman–Crippen MR) is 107 cm³/mol. The van der Waals surface area contributed by atoms with Gasteiger partial charge in [-0.1, -0.05) is 30.3 Å². The number of urea groups is 1. The molecule has 1 N–H and O–H groups in total. The van der Waals surface area contributed by atoms with E-state index in [9.17, 15) is 14.9 Å². The Hall–Kier alpha value is -4.05. The Morgan fingerprint density at radius 1 is 1.21 bits per heavy atom. The molecule has 2 aromatic rings. The van der Waals surface area contributed by atoms with Gasteiger partial charge in [-0.05, 0) is 29.8 Å². The summed E-state index contributed by atoms with van der Waals surface area (Å²) in [4.78, 5) is 25.2. The molecule has 29 heavy (non-hydrogen) atoms. The Balaban J connectivity index is 1.79. The van der Waals surface area contributed by atoms with E-state index in [-0.39, 0.29) is 18.8 Å². The van der Waals surface area contributed by atoms with Crippen LogP contribution in [-0.2, 0) is 11.4 Å². The number of imide groups is 1. The second-order valence-corrected chi connectivity index (χ2v) is 6.16. The maximum atomic E-state index is 12.3. The lowest BCUT2D eigenvalue weighted by atomic mass is 10.1. The average molecular weight is 389 g/mol. The molecule has 1 saturated heterocycles. The van der Waals surface area contributed by atoms with E-state index < -0.39 is 11.9 Å². The maximum Gasteiger partial charge on any atom is 0.329 e. The Morgan fingerprint density at radius 3 is 2.72 bits per heavy atom. The first kappa shape index (κ1) is 19.7. The molecule has 7 heteroatoms. The summed E-state index contributed by atoms with van der Waals surface area (Å²) in [5, 5.41) is 11.7. The summed E-state index contributed by atoms with van der Waals surface area (Å²) in [6.45, 7) is 3.90. The number of hydrogen-bond donors (Lipinski definition) is 1. The maximum absolute atomic E-state index is 12.3. The van der Waals surface area contributed by atoms with Gasteiger partial charge in [-0.25, -0.2) is 4.79 Å². The lowest BCUT2D eigenvalue weighted by Gasteiger charge is -2.12. The molecule has 0 unspecified atom stereocenters. The summed E-state index contributed by atoms with van der Waals surface area (Å²) < 4.78 is 11.2. The van der Waals surface area contributed by atoms with Gasteiger partial charge in [0.15, 0.2) is 11.5 Å². The van der Waals surface area contributed by atoms with E-state index in [4.69, 9.17) is 9.47 Å². The van der Waals surface area contributed by atoms with Crippen LogP contribution in [0.25, 0.3) is 6.08 Å². The quantitative estimate of drug-likeness (QED) is 0.446. The summed E-state index contributed by atoms with van der Waals surface area (Å²) in [6, 6.07) is 14.0. The summed E-state index contributed by atoms with van der Waals surface area (Å²) in [7, 11) is 1.51. The molecule has 0 aromatic heterocycles. The van der Waals surface area contributed by atoms with Crippen LogP contribution < -0.4 is 14.8 Å². The van der Waals surface area contributed by atoms with Crippen molar-refractivity contribution in [1.82, 2.24) is 10.2 Å². The molecular weight excluding hydrogens is 370 g/mol. The van der Waals surface area contributed by atoms with Crippen molar-refractivity contribution in [3.63, 3.8) is 0 Å². The van der Waals surface area contributed by atoms with Gasteiger partial charge in [0.05, 0.1) is 18.7 Å².